The van der Waals surface area contributed by atoms with Gasteiger partial charge in [0.15, 0.2) is 0 Å². The van der Waals surface area contributed by atoms with E-state index < -0.39 is 16.9 Å². The van der Waals surface area contributed by atoms with E-state index in [0.717, 1.165) is 0 Å². The van der Waals surface area contributed by atoms with E-state index in [0.29, 0.717) is 17.7 Å². The number of aliphatic carboxylic acids is 1. The van der Waals surface area contributed by atoms with Crippen LogP contribution in [0.3, 0.4) is 0 Å². The summed E-state index contributed by atoms with van der Waals surface area (Å²) in [4.78, 5) is 33.4. The lowest BCUT2D eigenvalue weighted by atomic mass is 9.99. The predicted octanol–water partition coefficient (Wildman–Crippen LogP) is 2.32. The van der Waals surface area contributed by atoms with Gasteiger partial charge in [0.05, 0.1) is 10.6 Å². The number of nitrogens with one attached hydrogen (secondary N) is 2. The van der Waals surface area contributed by atoms with E-state index in [-0.39, 0.29) is 30.5 Å². The number of benzene rings is 1. The Labute approximate surface area is 140 Å². The number of carboxylic acid groups (broad SMARTS) is 1. The molecule has 2 atom stereocenters. The molecule has 24 heavy (non-hydrogen) atoms. The predicted molar refractivity (Wildman–Crippen MR) is 90.0 cm³/mol. The van der Waals surface area contributed by atoms with Gasteiger partial charge in [0, 0.05) is 25.1 Å². The summed E-state index contributed by atoms with van der Waals surface area (Å²) in [5, 5.41) is 25.4. The summed E-state index contributed by atoms with van der Waals surface area (Å²) in [5.41, 5.74) is 0.993. The number of carbonyl (C=O) groups excluding carboxylic acids is 1. The minimum absolute atomic E-state index is 0.0513. The standard InChI is InChI=1S/C16H23N3O5/c1-4-10(2)15(16(21)22)17-8-7-14(20)18-13-9-12(19(23)24)6-5-11(13)3/h5-6,9-10,15,17H,4,7-8H2,1-3H3,(H,18,20)(H,21,22)/t10-,15-/m0/s1. The number of aryl methyl sites for hydroxylation is 1. The highest BCUT2D eigenvalue weighted by Gasteiger charge is 2.22. The number of nitro benzene ring substituents is 1. The second-order valence-electron chi connectivity index (χ2n) is 5.71. The number of carboxylic acids is 1. The molecule has 0 aliphatic rings. The highest BCUT2D eigenvalue weighted by molar-refractivity contribution is 5.92. The number of rotatable bonds is 9. The van der Waals surface area contributed by atoms with Crippen LogP contribution in [0, 0.1) is 23.0 Å². The molecule has 0 fully saturated rings. The number of hydrogen-bond acceptors (Lipinski definition) is 5. The molecule has 8 heteroatoms. The molecule has 1 amide bonds. The van der Waals surface area contributed by atoms with Gasteiger partial charge in [0.25, 0.3) is 5.69 Å². The van der Waals surface area contributed by atoms with Crippen molar-refractivity contribution in [2.45, 2.75) is 39.7 Å². The largest absolute Gasteiger partial charge is 0.480 e. The number of carbonyl (C=O) groups is 2. The minimum atomic E-state index is -0.945. The van der Waals surface area contributed by atoms with E-state index in [2.05, 4.69) is 10.6 Å². The molecule has 0 saturated heterocycles. The molecule has 1 aromatic carbocycles. The van der Waals surface area contributed by atoms with E-state index >= 15 is 0 Å². The Hall–Kier alpha value is -2.48. The summed E-state index contributed by atoms with van der Waals surface area (Å²) >= 11 is 0. The highest BCUT2D eigenvalue weighted by atomic mass is 16.6. The van der Waals surface area contributed by atoms with Crippen LogP contribution >= 0.6 is 0 Å². The topological polar surface area (TPSA) is 122 Å². The van der Waals surface area contributed by atoms with Gasteiger partial charge in [-0.05, 0) is 18.4 Å². The lowest BCUT2D eigenvalue weighted by Gasteiger charge is -2.20. The zero-order valence-corrected chi connectivity index (χ0v) is 14.0. The van der Waals surface area contributed by atoms with Gasteiger partial charge in [0.2, 0.25) is 5.91 Å². The monoisotopic (exact) mass is 337 g/mol. The number of anilines is 1. The molecule has 0 heterocycles. The summed E-state index contributed by atoms with van der Waals surface area (Å²) in [6.45, 7) is 5.68. The quantitative estimate of drug-likeness (QED) is 0.469. The third kappa shape index (κ3) is 5.62. The Morgan fingerprint density at radius 2 is 2.04 bits per heavy atom. The van der Waals surface area contributed by atoms with Crippen LogP contribution in [0.4, 0.5) is 11.4 Å². The summed E-state index contributed by atoms with van der Waals surface area (Å²) < 4.78 is 0. The van der Waals surface area contributed by atoms with Crippen LogP contribution in [-0.4, -0.2) is 34.5 Å². The Kier molecular flexibility index (Phi) is 7.31. The fourth-order valence-corrected chi connectivity index (χ4v) is 2.18. The van der Waals surface area contributed by atoms with Gasteiger partial charge in [0.1, 0.15) is 6.04 Å². The van der Waals surface area contributed by atoms with Crippen molar-refractivity contribution >= 4 is 23.3 Å². The second kappa shape index (κ2) is 8.97. The van der Waals surface area contributed by atoms with Crippen molar-refractivity contribution in [2.75, 3.05) is 11.9 Å². The van der Waals surface area contributed by atoms with Crippen molar-refractivity contribution in [3.05, 3.63) is 33.9 Å². The number of hydrogen-bond donors (Lipinski definition) is 3. The molecular formula is C16H23N3O5. The number of nitrogens with zero attached hydrogens (tertiary/aromatic N) is 1. The van der Waals surface area contributed by atoms with Gasteiger partial charge in [-0.25, -0.2) is 0 Å². The zero-order chi connectivity index (χ0) is 18.3. The summed E-state index contributed by atoms with van der Waals surface area (Å²) in [6, 6.07) is 3.54. The van der Waals surface area contributed by atoms with E-state index in [9.17, 15) is 19.7 Å². The molecule has 1 rings (SSSR count). The molecule has 0 aliphatic carbocycles. The van der Waals surface area contributed by atoms with Crippen LogP contribution < -0.4 is 10.6 Å². The first-order valence-corrected chi connectivity index (χ1v) is 7.77. The van der Waals surface area contributed by atoms with E-state index in [4.69, 9.17) is 5.11 Å². The van der Waals surface area contributed by atoms with Crippen molar-refractivity contribution in [3.8, 4) is 0 Å². The van der Waals surface area contributed by atoms with Crippen molar-refractivity contribution in [1.82, 2.24) is 5.32 Å². The van der Waals surface area contributed by atoms with Crippen LogP contribution in [0.25, 0.3) is 0 Å². The van der Waals surface area contributed by atoms with E-state index in [1.165, 1.54) is 12.1 Å². The first-order valence-electron chi connectivity index (χ1n) is 7.77. The van der Waals surface area contributed by atoms with Crippen molar-refractivity contribution in [3.63, 3.8) is 0 Å². The van der Waals surface area contributed by atoms with Crippen LogP contribution in [0.2, 0.25) is 0 Å². The second-order valence-corrected chi connectivity index (χ2v) is 5.71. The minimum Gasteiger partial charge on any atom is -0.480 e. The Morgan fingerprint density at radius 1 is 1.38 bits per heavy atom. The van der Waals surface area contributed by atoms with Crippen molar-refractivity contribution in [1.29, 1.82) is 0 Å². The van der Waals surface area contributed by atoms with Crippen LogP contribution in [0.15, 0.2) is 18.2 Å². The first-order chi connectivity index (χ1) is 11.3. The maximum atomic E-state index is 12.0. The highest BCUT2D eigenvalue weighted by Crippen LogP contribution is 2.21. The SMILES string of the molecule is CC[C@H](C)[C@H](NCCC(=O)Nc1cc([N+](=O)[O-])ccc1C)C(=O)O. The molecular weight excluding hydrogens is 314 g/mol. The van der Waals surface area contributed by atoms with Crippen molar-refractivity contribution < 1.29 is 19.6 Å². The van der Waals surface area contributed by atoms with Gasteiger partial charge < -0.3 is 15.7 Å². The number of non-ortho nitro benzene ring substituents is 1. The summed E-state index contributed by atoms with van der Waals surface area (Å²) in [6.07, 6.45) is 0.783. The zero-order valence-electron chi connectivity index (χ0n) is 14.0. The first kappa shape index (κ1) is 19.6. The Balaban J connectivity index is 2.59. The van der Waals surface area contributed by atoms with Gasteiger partial charge in [-0.15, -0.1) is 0 Å². The van der Waals surface area contributed by atoms with Crippen LogP contribution in [0.5, 0.6) is 0 Å². The van der Waals surface area contributed by atoms with Gasteiger partial charge in [-0.3, -0.25) is 19.7 Å². The van der Waals surface area contributed by atoms with Crippen molar-refractivity contribution in [2.24, 2.45) is 5.92 Å². The molecule has 0 radical (unpaired) electrons. The lowest BCUT2D eigenvalue weighted by molar-refractivity contribution is -0.384. The molecule has 132 valence electrons. The molecule has 8 nitrogen and oxygen atoms in total. The molecule has 3 N–H and O–H groups in total. The van der Waals surface area contributed by atoms with Gasteiger partial charge in [-0.2, -0.15) is 0 Å². The van der Waals surface area contributed by atoms with Crippen LogP contribution in [-0.2, 0) is 9.59 Å². The normalized spacial score (nSPS) is 13.1. The van der Waals surface area contributed by atoms with Gasteiger partial charge in [-0.1, -0.05) is 26.3 Å². The van der Waals surface area contributed by atoms with Crippen LogP contribution in [0.1, 0.15) is 32.3 Å². The smallest absolute Gasteiger partial charge is 0.320 e. The van der Waals surface area contributed by atoms with E-state index in [1.54, 1.807) is 13.0 Å². The fourth-order valence-electron chi connectivity index (χ4n) is 2.18. The van der Waals surface area contributed by atoms with E-state index in [1.807, 2.05) is 13.8 Å². The Bertz CT molecular complexity index is 618. The third-order valence-corrected chi connectivity index (χ3v) is 3.90. The maximum Gasteiger partial charge on any atom is 0.320 e. The molecule has 0 unspecified atom stereocenters. The summed E-state index contributed by atoms with van der Waals surface area (Å²) in [5.74, 6) is -1.33. The molecule has 0 saturated carbocycles. The fraction of sp³-hybridized carbons (Fsp3) is 0.500. The third-order valence-electron chi connectivity index (χ3n) is 3.90. The number of nitro groups is 1. The molecule has 0 aromatic heterocycles. The average molecular weight is 337 g/mol. The Morgan fingerprint density at radius 3 is 2.58 bits per heavy atom. The maximum absolute atomic E-state index is 12.0. The number of amides is 1. The molecule has 0 bridgehead atoms. The average Bonchev–Trinajstić information content (AvgIpc) is 2.52. The molecule has 0 spiro atoms. The van der Waals surface area contributed by atoms with Gasteiger partial charge >= 0.3 is 5.97 Å². The summed E-state index contributed by atoms with van der Waals surface area (Å²) in [7, 11) is 0. The molecule has 0 aliphatic heterocycles. The lowest BCUT2D eigenvalue weighted by Crippen LogP contribution is -2.42. The molecule has 1 aromatic rings.